The second-order valence-electron chi connectivity index (χ2n) is 6.58. The van der Waals surface area contributed by atoms with Crippen molar-refractivity contribution in [2.24, 2.45) is 0 Å². The normalized spacial score (nSPS) is 11.9. The zero-order valence-electron chi connectivity index (χ0n) is 16.4. The van der Waals surface area contributed by atoms with Crippen molar-refractivity contribution >= 4 is 33.2 Å². The molecule has 3 aromatic rings. The second kappa shape index (κ2) is 9.17. The van der Waals surface area contributed by atoms with Crippen LogP contribution in [-0.4, -0.2) is 30.0 Å². The number of aromatic nitrogens is 2. The van der Waals surface area contributed by atoms with Gasteiger partial charge >= 0.3 is 6.18 Å². The predicted octanol–water partition coefficient (Wildman–Crippen LogP) is 3.66. The van der Waals surface area contributed by atoms with Gasteiger partial charge in [0.05, 0.1) is 28.1 Å². The van der Waals surface area contributed by atoms with Crippen molar-refractivity contribution in [3.63, 3.8) is 0 Å². The van der Waals surface area contributed by atoms with Crippen molar-refractivity contribution in [2.75, 3.05) is 11.1 Å². The number of halogens is 3. The lowest BCUT2D eigenvalue weighted by molar-refractivity contribution is -0.137. The van der Waals surface area contributed by atoms with Crippen LogP contribution in [0.5, 0.6) is 0 Å². The highest BCUT2D eigenvalue weighted by Gasteiger charge is 2.33. The van der Waals surface area contributed by atoms with Crippen molar-refractivity contribution in [2.45, 2.75) is 28.0 Å². The van der Waals surface area contributed by atoms with Gasteiger partial charge in [0.15, 0.2) is 10.1 Å². The fraction of sp³-hybridized carbons (Fsp3) is 0.150. The van der Waals surface area contributed by atoms with E-state index in [0.29, 0.717) is 0 Å². The summed E-state index contributed by atoms with van der Waals surface area (Å²) in [6, 6.07) is 10.4. The van der Waals surface area contributed by atoms with Gasteiger partial charge in [-0.3, -0.25) is 9.59 Å². The van der Waals surface area contributed by atoms with Crippen LogP contribution in [0.25, 0.3) is 0 Å². The summed E-state index contributed by atoms with van der Waals surface area (Å²) in [4.78, 5) is 29.9. The minimum absolute atomic E-state index is 0.0582. The van der Waals surface area contributed by atoms with Crippen molar-refractivity contribution in [3.8, 4) is 0 Å². The first-order chi connectivity index (χ1) is 15.0. The van der Waals surface area contributed by atoms with Crippen molar-refractivity contribution in [3.05, 3.63) is 76.2 Å². The third-order valence-corrected chi connectivity index (χ3v) is 6.86. The summed E-state index contributed by atoms with van der Waals surface area (Å²) in [6.07, 6.45) is -3.75. The van der Waals surface area contributed by atoms with Crippen molar-refractivity contribution in [1.29, 1.82) is 0 Å². The number of alkyl halides is 3. The first-order valence-electron chi connectivity index (χ1n) is 8.98. The molecule has 0 radical (unpaired) electrons. The van der Waals surface area contributed by atoms with Gasteiger partial charge in [-0.05, 0) is 31.2 Å². The van der Waals surface area contributed by atoms with Crippen LogP contribution in [0.4, 0.5) is 18.9 Å². The minimum atomic E-state index is -4.64. The Balaban J connectivity index is 1.71. The van der Waals surface area contributed by atoms with E-state index in [9.17, 15) is 31.2 Å². The fourth-order valence-electron chi connectivity index (χ4n) is 2.64. The summed E-state index contributed by atoms with van der Waals surface area (Å²) in [5.74, 6) is -1.12. The third-order valence-electron chi connectivity index (χ3n) is 4.21. The van der Waals surface area contributed by atoms with E-state index >= 15 is 0 Å². The quantitative estimate of drug-likeness (QED) is 0.409. The Labute approximate surface area is 185 Å². The van der Waals surface area contributed by atoms with Crippen LogP contribution in [0.2, 0.25) is 0 Å². The molecule has 168 valence electrons. The number of carbonyl (C=O) groups excluding carboxylic acids is 1. The highest BCUT2D eigenvalue weighted by atomic mass is 32.2. The number of nitrogens with zero attached hydrogens (tertiary/aromatic N) is 1. The molecule has 1 aromatic heterocycles. The molecule has 0 unspecified atom stereocenters. The molecule has 3 rings (SSSR count). The number of rotatable bonds is 6. The smallest absolute Gasteiger partial charge is 0.325 e. The van der Waals surface area contributed by atoms with E-state index in [1.807, 2.05) is 0 Å². The number of thioether (sulfide) groups is 1. The fourth-order valence-corrected chi connectivity index (χ4v) is 4.50. The highest BCUT2D eigenvalue weighted by Crippen LogP contribution is 2.34. The van der Waals surface area contributed by atoms with Gasteiger partial charge in [-0.2, -0.15) is 13.2 Å². The molecular weight excluding hydrogens is 467 g/mol. The number of hydrogen-bond donors (Lipinski definition) is 2. The molecule has 1 amide bonds. The predicted molar refractivity (Wildman–Crippen MR) is 112 cm³/mol. The molecule has 0 atom stereocenters. The van der Waals surface area contributed by atoms with E-state index in [1.54, 1.807) is 19.1 Å². The van der Waals surface area contributed by atoms with Crippen LogP contribution < -0.4 is 10.9 Å². The number of anilines is 1. The van der Waals surface area contributed by atoms with Crippen LogP contribution in [0.3, 0.4) is 0 Å². The number of nitrogens with one attached hydrogen (secondary N) is 2. The molecule has 0 saturated carbocycles. The van der Waals surface area contributed by atoms with E-state index in [0.717, 1.165) is 35.7 Å². The summed E-state index contributed by atoms with van der Waals surface area (Å²) in [5, 5.41) is 2.11. The van der Waals surface area contributed by atoms with E-state index in [-0.39, 0.29) is 15.8 Å². The summed E-state index contributed by atoms with van der Waals surface area (Å²) in [7, 11) is -4.10. The lowest BCUT2D eigenvalue weighted by Crippen LogP contribution is -2.20. The van der Waals surface area contributed by atoms with Gasteiger partial charge in [0.25, 0.3) is 5.56 Å². The summed E-state index contributed by atoms with van der Waals surface area (Å²) in [5.41, 5.74) is -1.47. The first kappa shape index (κ1) is 23.5. The Morgan fingerprint density at radius 3 is 2.41 bits per heavy atom. The Kier molecular flexibility index (Phi) is 6.74. The maximum atomic E-state index is 13.0. The molecule has 0 aliphatic rings. The first-order valence-corrected chi connectivity index (χ1v) is 11.5. The average Bonchev–Trinajstić information content (AvgIpc) is 2.72. The zero-order chi connectivity index (χ0) is 23.5. The Hall–Kier alpha value is -3.12. The van der Waals surface area contributed by atoms with E-state index in [1.165, 1.54) is 24.3 Å². The minimum Gasteiger partial charge on any atom is -0.325 e. The van der Waals surface area contributed by atoms with E-state index < -0.39 is 43.6 Å². The molecule has 0 bridgehead atoms. The molecule has 0 aliphatic heterocycles. The monoisotopic (exact) mass is 483 g/mol. The lowest BCUT2D eigenvalue weighted by atomic mass is 10.1. The van der Waals surface area contributed by atoms with Crippen LogP contribution in [-0.2, 0) is 20.8 Å². The van der Waals surface area contributed by atoms with Gasteiger partial charge in [-0.1, -0.05) is 41.6 Å². The summed E-state index contributed by atoms with van der Waals surface area (Å²) >= 11 is 0.738. The van der Waals surface area contributed by atoms with Gasteiger partial charge in [-0.25, -0.2) is 13.4 Å². The molecule has 2 aromatic carbocycles. The number of H-pyrrole nitrogens is 1. The van der Waals surface area contributed by atoms with Crippen LogP contribution in [0.15, 0.2) is 74.5 Å². The number of aryl methyl sites for hydroxylation is 1. The Morgan fingerprint density at radius 2 is 1.78 bits per heavy atom. The lowest BCUT2D eigenvalue weighted by Gasteiger charge is -2.13. The molecule has 2 N–H and O–H groups in total. The zero-order valence-corrected chi connectivity index (χ0v) is 18.1. The van der Waals surface area contributed by atoms with Gasteiger partial charge in [-0.15, -0.1) is 0 Å². The molecular formula is C20H16F3N3O4S2. The average molecular weight is 483 g/mol. The topological polar surface area (TPSA) is 109 Å². The summed E-state index contributed by atoms with van der Waals surface area (Å²) in [6.45, 7) is 1.79. The SMILES string of the molecule is Cc1ccc(S(=O)(=O)c2cnc(SCC(=O)Nc3ccccc3C(F)(F)F)[nH]c2=O)cc1. The number of amides is 1. The molecule has 0 aliphatic carbocycles. The Morgan fingerprint density at radius 1 is 1.12 bits per heavy atom. The van der Waals surface area contributed by atoms with E-state index in [2.05, 4.69) is 15.3 Å². The second-order valence-corrected chi connectivity index (χ2v) is 9.46. The largest absolute Gasteiger partial charge is 0.418 e. The number of sulfone groups is 1. The number of carbonyl (C=O) groups is 1. The molecule has 0 saturated heterocycles. The standard InChI is InChI=1S/C20H16F3N3O4S2/c1-12-6-8-13(9-7-12)32(29,30)16-10-24-19(26-18(16)28)31-11-17(27)25-15-5-3-2-4-14(15)20(21,22)23/h2-10H,11H2,1H3,(H,25,27)(H,24,26,28). The number of hydrogen-bond acceptors (Lipinski definition) is 6. The molecule has 0 fully saturated rings. The van der Waals surface area contributed by atoms with Crippen molar-refractivity contribution < 1.29 is 26.4 Å². The van der Waals surface area contributed by atoms with Gasteiger partial charge in [0.2, 0.25) is 15.7 Å². The number of para-hydroxylation sites is 1. The van der Waals surface area contributed by atoms with Crippen LogP contribution in [0.1, 0.15) is 11.1 Å². The van der Waals surface area contributed by atoms with Gasteiger partial charge < -0.3 is 10.3 Å². The molecule has 1 heterocycles. The van der Waals surface area contributed by atoms with Gasteiger partial charge in [0, 0.05) is 0 Å². The van der Waals surface area contributed by atoms with Gasteiger partial charge in [0.1, 0.15) is 0 Å². The third kappa shape index (κ3) is 5.37. The maximum Gasteiger partial charge on any atom is 0.418 e. The number of benzene rings is 2. The van der Waals surface area contributed by atoms with E-state index in [4.69, 9.17) is 0 Å². The summed E-state index contributed by atoms with van der Waals surface area (Å²) < 4.78 is 64.3. The van der Waals surface area contributed by atoms with Crippen LogP contribution >= 0.6 is 11.8 Å². The van der Waals surface area contributed by atoms with Crippen molar-refractivity contribution in [1.82, 2.24) is 9.97 Å². The van der Waals surface area contributed by atoms with Crippen LogP contribution in [0, 0.1) is 6.92 Å². The maximum absolute atomic E-state index is 13.0. The Bertz CT molecular complexity index is 1300. The molecule has 12 heteroatoms. The molecule has 32 heavy (non-hydrogen) atoms. The highest BCUT2D eigenvalue weighted by molar-refractivity contribution is 7.99. The molecule has 0 spiro atoms. The molecule has 7 nitrogen and oxygen atoms in total. The number of aromatic amines is 1.